The van der Waals surface area contributed by atoms with Gasteiger partial charge in [0.05, 0.1) is 0 Å². The Morgan fingerprint density at radius 1 is 1.33 bits per heavy atom. The van der Waals surface area contributed by atoms with Gasteiger partial charge in [-0.15, -0.1) is 0 Å². The first-order valence-electron chi connectivity index (χ1n) is 1.82. The smallest absolute Gasteiger partial charge is 0.261 e. The molecule has 4 heteroatoms. The summed E-state index contributed by atoms with van der Waals surface area (Å²) in [5.41, 5.74) is 0. The van der Waals surface area contributed by atoms with E-state index in [4.69, 9.17) is 10.8 Å². The maximum absolute atomic E-state index is 5.28. The fraction of sp³-hybridized carbons (Fsp3) is 1.00. The first-order valence-corrected chi connectivity index (χ1v) is 3.67. The summed E-state index contributed by atoms with van der Waals surface area (Å²) in [7, 11) is 2.36. The second-order valence-corrected chi connectivity index (χ2v) is 3.47. The Bertz CT molecular complexity index is 29.8. The van der Waals surface area contributed by atoms with Gasteiger partial charge < -0.3 is 15.4 Å². The molecule has 0 bridgehead atoms. The summed E-state index contributed by atoms with van der Waals surface area (Å²) in [5, 5.41) is 10.6. The van der Waals surface area contributed by atoms with Crippen LogP contribution in [-0.2, 0) is 0 Å². The van der Waals surface area contributed by atoms with Crippen molar-refractivity contribution in [2.75, 3.05) is 14.1 Å². The molecule has 6 heavy (non-hydrogen) atoms. The van der Waals surface area contributed by atoms with E-state index < -0.39 is 9.28 Å². The highest BCUT2D eigenvalue weighted by Gasteiger charge is 1.95. The topological polar surface area (TPSA) is 55.3 Å². The van der Waals surface area contributed by atoms with Crippen LogP contribution in [-0.4, -0.2) is 27.9 Å². The Morgan fingerprint density at radius 2 is 1.50 bits per heavy atom. The minimum atomic E-state index is -1.41. The summed E-state index contributed by atoms with van der Waals surface area (Å²) in [6.45, 7) is 0. The van der Waals surface area contributed by atoms with E-state index in [1.165, 1.54) is 0 Å². The van der Waals surface area contributed by atoms with Gasteiger partial charge >= 0.3 is 0 Å². The molecule has 38 valence electrons. The minimum Gasteiger partial charge on any atom is -0.329 e. The zero-order valence-electron chi connectivity index (χ0n) is 4.18. The van der Waals surface area contributed by atoms with E-state index in [-0.39, 0.29) is 0 Å². The summed E-state index contributed by atoms with van der Waals surface area (Å²) >= 11 is 0. The quantitative estimate of drug-likeness (QED) is 0.386. The predicted molar refractivity (Wildman–Crippen MR) is 29.2 cm³/mol. The standard InChI is InChI=1S/C2H11N3Si/c1-5(2)6(3)4/h6H,3-4H2,1-2H3. The van der Waals surface area contributed by atoms with Crippen molar-refractivity contribution in [1.82, 2.24) is 4.57 Å². The van der Waals surface area contributed by atoms with Crippen LogP contribution in [0.4, 0.5) is 0 Å². The fourth-order valence-corrected chi connectivity index (χ4v) is 0. The van der Waals surface area contributed by atoms with Gasteiger partial charge in [-0.3, -0.25) is 0 Å². The first kappa shape index (κ1) is 6.10. The summed E-state index contributed by atoms with van der Waals surface area (Å²) < 4.78 is 1.86. The van der Waals surface area contributed by atoms with Crippen LogP contribution >= 0.6 is 0 Å². The Balaban J connectivity index is 2.99. The van der Waals surface area contributed by atoms with Gasteiger partial charge in [-0.05, 0) is 14.1 Å². The third-order valence-electron chi connectivity index (χ3n) is 0.596. The molecule has 0 heterocycles. The van der Waals surface area contributed by atoms with Crippen molar-refractivity contribution >= 4 is 9.28 Å². The van der Waals surface area contributed by atoms with Gasteiger partial charge in [-0.1, -0.05) is 0 Å². The van der Waals surface area contributed by atoms with Crippen molar-refractivity contribution in [1.29, 1.82) is 0 Å². The molecule has 0 amide bonds. The molecule has 0 aromatic rings. The number of rotatable bonds is 1. The lowest BCUT2D eigenvalue weighted by molar-refractivity contribution is 0.637. The highest BCUT2D eigenvalue weighted by molar-refractivity contribution is 6.47. The van der Waals surface area contributed by atoms with E-state index in [0.29, 0.717) is 0 Å². The minimum absolute atomic E-state index is 1.41. The Morgan fingerprint density at radius 3 is 1.50 bits per heavy atom. The molecule has 4 N–H and O–H groups in total. The monoisotopic (exact) mass is 105 g/mol. The van der Waals surface area contributed by atoms with Gasteiger partial charge in [0.15, 0.2) is 0 Å². The van der Waals surface area contributed by atoms with Gasteiger partial charge in [0.1, 0.15) is 0 Å². The first-order chi connectivity index (χ1) is 2.64. The third-order valence-corrected chi connectivity index (χ3v) is 1.79. The molecule has 0 aromatic heterocycles. The molecule has 0 rings (SSSR count). The van der Waals surface area contributed by atoms with Crippen LogP contribution in [0.15, 0.2) is 0 Å². The van der Waals surface area contributed by atoms with Gasteiger partial charge in [0.2, 0.25) is 0 Å². The van der Waals surface area contributed by atoms with Crippen LogP contribution in [0.2, 0.25) is 0 Å². The summed E-state index contributed by atoms with van der Waals surface area (Å²) in [6.07, 6.45) is 0. The number of hydrogen-bond acceptors (Lipinski definition) is 3. The predicted octanol–water partition coefficient (Wildman–Crippen LogP) is -1.82. The van der Waals surface area contributed by atoms with Gasteiger partial charge in [0.25, 0.3) is 9.28 Å². The second-order valence-electron chi connectivity index (χ2n) is 1.45. The third kappa shape index (κ3) is 2.34. The summed E-state index contributed by atoms with van der Waals surface area (Å²) in [4.78, 5) is 0. The molecule has 0 spiro atoms. The SMILES string of the molecule is CN(C)[SiH](N)N. The van der Waals surface area contributed by atoms with E-state index in [2.05, 4.69) is 0 Å². The highest BCUT2D eigenvalue weighted by Crippen LogP contribution is 1.61. The molecular weight excluding hydrogens is 94.1 g/mol. The molecule has 0 saturated heterocycles. The molecule has 0 fully saturated rings. The largest absolute Gasteiger partial charge is 0.329 e. The van der Waals surface area contributed by atoms with Crippen molar-refractivity contribution < 1.29 is 0 Å². The van der Waals surface area contributed by atoms with Crippen molar-refractivity contribution in [3.05, 3.63) is 0 Å². The van der Waals surface area contributed by atoms with Crippen LogP contribution in [0, 0.1) is 0 Å². The molecule has 0 unspecified atom stereocenters. The molecule has 0 aliphatic rings. The average Bonchev–Trinajstić information content (AvgIpc) is 1.36. The lowest BCUT2D eigenvalue weighted by atomic mass is 11.3. The second kappa shape index (κ2) is 2.30. The normalized spacial score (nSPS) is 11.0. The zero-order chi connectivity index (χ0) is 5.15. The lowest BCUT2D eigenvalue weighted by Gasteiger charge is -2.09. The van der Waals surface area contributed by atoms with Gasteiger partial charge in [0, 0.05) is 0 Å². The Labute approximate surface area is 39.8 Å². The van der Waals surface area contributed by atoms with Crippen LogP contribution < -0.4 is 10.8 Å². The molecular formula is C2H11N3Si. The molecule has 0 aromatic carbocycles. The van der Waals surface area contributed by atoms with E-state index >= 15 is 0 Å². The zero-order valence-corrected chi connectivity index (χ0v) is 5.33. The van der Waals surface area contributed by atoms with Gasteiger partial charge in [-0.25, -0.2) is 0 Å². The summed E-state index contributed by atoms with van der Waals surface area (Å²) in [5.74, 6) is 0. The van der Waals surface area contributed by atoms with Gasteiger partial charge in [-0.2, -0.15) is 0 Å². The number of nitrogens with two attached hydrogens (primary N) is 2. The molecule has 0 aliphatic heterocycles. The molecule has 0 radical (unpaired) electrons. The number of nitrogens with zero attached hydrogens (tertiary/aromatic N) is 1. The lowest BCUT2D eigenvalue weighted by Crippen LogP contribution is -2.50. The fourth-order valence-electron chi connectivity index (χ4n) is 0. The van der Waals surface area contributed by atoms with Crippen molar-refractivity contribution in [3.8, 4) is 0 Å². The summed E-state index contributed by atoms with van der Waals surface area (Å²) in [6, 6.07) is 0. The van der Waals surface area contributed by atoms with Crippen molar-refractivity contribution in [3.63, 3.8) is 0 Å². The maximum Gasteiger partial charge on any atom is 0.261 e. The van der Waals surface area contributed by atoms with Crippen LogP contribution in [0.25, 0.3) is 0 Å². The van der Waals surface area contributed by atoms with Crippen LogP contribution in [0.3, 0.4) is 0 Å². The molecule has 0 atom stereocenters. The van der Waals surface area contributed by atoms with Crippen LogP contribution in [0.1, 0.15) is 0 Å². The molecule has 3 nitrogen and oxygen atoms in total. The average molecular weight is 105 g/mol. The number of hydrogen-bond donors (Lipinski definition) is 2. The highest BCUT2D eigenvalue weighted by atomic mass is 28.3. The van der Waals surface area contributed by atoms with Crippen molar-refractivity contribution in [2.24, 2.45) is 10.8 Å². The van der Waals surface area contributed by atoms with Crippen molar-refractivity contribution in [2.45, 2.75) is 0 Å². The van der Waals surface area contributed by atoms with E-state index in [1.54, 1.807) is 0 Å². The maximum atomic E-state index is 5.28. The Hall–Kier alpha value is 0.0969. The van der Waals surface area contributed by atoms with E-state index in [1.807, 2.05) is 18.7 Å². The van der Waals surface area contributed by atoms with Crippen LogP contribution in [0.5, 0.6) is 0 Å². The molecule has 0 saturated carbocycles. The van der Waals surface area contributed by atoms with E-state index in [0.717, 1.165) is 0 Å². The Kier molecular flexibility index (Phi) is 2.34. The van der Waals surface area contributed by atoms with E-state index in [9.17, 15) is 0 Å². The molecule has 0 aliphatic carbocycles.